The zero-order valence-corrected chi connectivity index (χ0v) is 14.7. The van der Waals surface area contributed by atoms with Crippen molar-refractivity contribution in [3.8, 4) is 0 Å². The van der Waals surface area contributed by atoms with Gasteiger partial charge in [-0.25, -0.2) is 0 Å². The monoisotopic (exact) mass is 380 g/mol. The topological polar surface area (TPSA) is 84.1 Å². The first-order valence-corrected chi connectivity index (χ1v) is 6.23. The van der Waals surface area contributed by atoms with E-state index in [4.69, 9.17) is 23.2 Å². The Morgan fingerprint density at radius 3 is 2.29 bits per heavy atom. The van der Waals surface area contributed by atoms with E-state index in [-0.39, 0.29) is 30.3 Å². The molecule has 1 atom stereocenters. The van der Waals surface area contributed by atoms with Gasteiger partial charge in [-0.3, -0.25) is 10.1 Å². The van der Waals surface area contributed by atoms with Crippen LogP contribution < -0.4 is 5.32 Å². The number of carbonyl (C=O) groups is 1. The lowest BCUT2D eigenvalue weighted by Crippen LogP contribution is -2.33. The van der Waals surface area contributed by atoms with Crippen molar-refractivity contribution in [2.45, 2.75) is 6.04 Å². The number of nitrogens with one attached hydrogen (secondary N) is 1. The van der Waals surface area contributed by atoms with Crippen LogP contribution in [0.25, 0.3) is 0 Å². The Kier molecular flexibility index (Phi) is 15.0. The first-order chi connectivity index (χ1) is 8.41. The SMILES string of the molecule is CN(C)CCNC(C(=O)O)c1ccc(Cl)c(Cl)c1.Cl.Cl.O. The maximum atomic E-state index is 11.2. The third-order valence-electron chi connectivity index (χ3n) is 2.43. The van der Waals surface area contributed by atoms with Crippen molar-refractivity contribution in [1.82, 2.24) is 10.2 Å². The van der Waals surface area contributed by atoms with Crippen molar-refractivity contribution in [3.05, 3.63) is 33.8 Å². The fourth-order valence-corrected chi connectivity index (χ4v) is 1.78. The molecule has 0 aliphatic rings. The Hall–Kier alpha value is -0.270. The van der Waals surface area contributed by atoms with Crippen LogP contribution in [0.1, 0.15) is 11.6 Å². The second-order valence-electron chi connectivity index (χ2n) is 4.20. The van der Waals surface area contributed by atoms with E-state index in [1.807, 2.05) is 19.0 Å². The van der Waals surface area contributed by atoms with E-state index >= 15 is 0 Å². The van der Waals surface area contributed by atoms with E-state index in [0.29, 0.717) is 22.2 Å². The molecule has 0 aromatic heterocycles. The van der Waals surface area contributed by atoms with Crippen LogP contribution in [0.2, 0.25) is 10.0 Å². The number of likely N-dealkylation sites (N-methyl/N-ethyl adjacent to an activating group) is 1. The molecule has 9 heteroatoms. The van der Waals surface area contributed by atoms with Crippen LogP contribution in [0, 0.1) is 0 Å². The molecule has 1 aromatic rings. The summed E-state index contributed by atoms with van der Waals surface area (Å²) in [6.45, 7) is 1.33. The molecular formula is C12H20Cl4N2O3. The van der Waals surface area contributed by atoms with Crippen LogP contribution in [-0.2, 0) is 4.79 Å². The number of hydrogen-bond donors (Lipinski definition) is 2. The Morgan fingerprint density at radius 2 is 1.86 bits per heavy atom. The van der Waals surface area contributed by atoms with Crippen molar-refractivity contribution < 1.29 is 15.4 Å². The van der Waals surface area contributed by atoms with Gasteiger partial charge >= 0.3 is 5.97 Å². The van der Waals surface area contributed by atoms with Gasteiger partial charge in [-0.15, -0.1) is 24.8 Å². The molecule has 0 bridgehead atoms. The molecule has 0 aliphatic heterocycles. The quantitative estimate of drug-likeness (QED) is 0.791. The zero-order chi connectivity index (χ0) is 13.7. The summed E-state index contributed by atoms with van der Waals surface area (Å²) < 4.78 is 0. The average molecular weight is 382 g/mol. The van der Waals surface area contributed by atoms with Gasteiger partial charge in [0.25, 0.3) is 0 Å². The Balaban J connectivity index is -0.00000108. The third kappa shape index (κ3) is 8.68. The number of carboxylic acid groups (broad SMARTS) is 1. The highest BCUT2D eigenvalue weighted by molar-refractivity contribution is 6.42. The largest absolute Gasteiger partial charge is 0.480 e. The summed E-state index contributed by atoms with van der Waals surface area (Å²) in [5.41, 5.74) is 0.593. The van der Waals surface area contributed by atoms with Gasteiger partial charge in [-0.1, -0.05) is 29.3 Å². The highest BCUT2D eigenvalue weighted by Gasteiger charge is 2.19. The average Bonchev–Trinajstić information content (AvgIpc) is 2.27. The normalized spacial score (nSPS) is 10.9. The molecule has 0 saturated heterocycles. The first-order valence-electron chi connectivity index (χ1n) is 5.47. The molecule has 1 aromatic carbocycles. The number of carboxylic acids is 1. The predicted molar refractivity (Wildman–Crippen MR) is 91.5 cm³/mol. The molecule has 124 valence electrons. The maximum absolute atomic E-state index is 11.2. The van der Waals surface area contributed by atoms with Crippen LogP contribution in [0.3, 0.4) is 0 Å². The van der Waals surface area contributed by atoms with Crippen molar-refractivity contribution in [3.63, 3.8) is 0 Å². The molecule has 0 radical (unpaired) electrons. The maximum Gasteiger partial charge on any atom is 0.325 e. The molecule has 1 unspecified atom stereocenters. The van der Waals surface area contributed by atoms with E-state index < -0.39 is 12.0 Å². The summed E-state index contributed by atoms with van der Waals surface area (Å²) in [6, 6.07) is 4.06. The van der Waals surface area contributed by atoms with Crippen LogP contribution >= 0.6 is 48.0 Å². The van der Waals surface area contributed by atoms with E-state index in [0.717, 1.165) is 6.54 Å². The first kappa shape index (κ1) is 25.7. The summed E-state index contributed by atoms with van der Waals surface area (Å²) >= 11 is 11.7. The molecule has 0 fully saturated rings. The number of nitrogens with zero attached hydrogens (tertiary/aromatic N) is 1. The molecule has 1 rings (SSSR count). The number of aliphatic carboxylic acids is 1. The predicted octanol–water partition coefficient (Wildman–Crippen LogP) is 2.29. The molecule has 4 N–H and O–H groups in total. The summed E-state index contributed by atoms with van der Waals surface area (Å²) in [5.74, 6) is -0.938. The van der Waals surface area contributed by atoms with Gasteiger partial charge in [-0.05, 0) is 31.8 Å². The Labute approximate surface area is 146 Å². The van der Waals surface area contributed by atoms with Gasteiger partial charge in [0, 0.05) is 13.1 Å². The smallest absolute Gasteiger partial charge is 0.325 e. The van der Waals surface area contributed by atoms with E-state index in [9.17, 15) is 9.90 Å². The second-order valence-corrected chi connectivity index (χ2v) is 5.02. The zero-order valence-electron chi connectivity index (χ0n) is 11.6. The number of rotatable bonds is 6. The minimum absolute atomic E-state index is 0. The summed E-state index contributed by atoms with van der Waals surface area (Å²) in [7, 11) is 3.85. The van der Waals surface area contributed by atoms with Crippen molar-refractivity contribution in [2.24, 2.45) is 0 Å². The Morgan fingerprint density at radius 1 is 1.29 bits per heavy atom. The minimum atomic E-state index is -0.938. The van der Waals surface area contributed by atoms with E-state index in [1.54, 1.807) is 18.2 Å². The Bertz CT molecular complexity index is 433. The molecule has 5 nitrogen and oxygen atoms in total. The molecule has 0 spiro atoms. The molecule has 0 aliphatic carbocycles. The van der Waals surface area contributed by atoms with Gasteiger partial charge in [0.15, 0.2) is 0 Å². The number of halogens is 4. The van der Waals surface area contributed by atoms with Crippen LogP contribution in [-0.4, -0.2) is 48.6 Å². The standard InChI is InChI=1S/C12H16Cl2N2O2.2ClH.H2O/c1-16(2)6-5-15-11(12(17)18)8-3-4-9(13)10(14)7-8;;;/h3-4,7,11,15H,5-6H2,1-2H3,(H,17,18);2*1H;1H2. The van der Waals surface area contributed by atoms with Crippen molar-refractivity contribution in [1.29, 1.82) is 0 Å². The molecule has 0 heterocycles. The van der Waals surface area contributed by atoms with Gasteiger partial charge in [-0.2, -0.15) is 0 Å². The summed E-state index contributed by atoms with van der Waals surface area (Å²) in [5, 5.41) is 12.9. The second kappa shape index (κ2) is 12.3. The fraction of sp³-hybridized carbons (Fsp3) is 0.417. The van der Waals surface area contributed by atoms with Crippen molar-refractivity contribution in [2.75, 3.05) is 27.2 Å². The lowest BCUT2D eigenvalue weighted by Gasteiger charge is -2.17. The number of hydrogen-bond acceptors (Lipinski definition) is 3. The summed E-state index contributed by atoms with van der Waals surface area (Å²) in [6.07, 6.45) is 0. The third-order valence-corrected chi connectivity index (χ3v) is 3.17. The van der Waals surface area contributed by atoms with Crippen LogP contribution in [0.15, 0.2) is 18.2 Å². The van der Waals surface area contributed by atoms with Gasteiger partial charge in [0.1, 0.15) is 6.04 Å². The summed E-state index contributed by atoms with van der Waals surface area (Å²) in [4.78, 5) is 13.2. The van der Waals surface area contributed by atoms with Crippen LogP contribution in [0.4, 0.5) is 0 Å². The highest BCUT2D eigenvalue weighted by Crippen LogP contribution is 2.25. The molecule has 0 saturated carbocycles. The minimum Gasteiger partial charge on any atom is -0.480 e. The van der Waals surface area contributed by atoms with Gasteiger partial charge < -0.3 is 15.5 Å². The van der Waals surface area contributed by atoms with E-state index in [2.05, 4.69) is 5.32 Å². The number of benzene rings is 1. The van der Waals surface area contributed by atoms with E-state index in [1.165, 1.54) is 0 Å². The highest BCUT2D eigenvalue weighted by atomic mass is 35.5. The van der Waals surface area contributed by atoms with Crippen molar-refractivity contribution >= 4 is 54.0 Å². The lowest BCUT2D eigenvalue weighted by atomic mass is 10.1. The van der Waals surface area contributed by atoms with Crippen LogP contribution in [0.5, 0.6) is 0 Å². The molecule has 0 amide bonds. The molecule has 21 heavy (non-hydrogen) atoms. The fourth-order valence-electron chi connectivity index (χ4n) is 1.47. The lowest BCUT2D eigenvalue weighted by molar-refractivity contribution is -0.139. The molecular weight excluding hydrogens is 362 g/mol. The van der Waals surface area contributed by atoms with Gasteiger partial charge in [0.2, 0.25) is 0 Å². The van der Waals surface area contributed by atoms with Gasteiger partial charge in [0.05, 0.1) is 10.0 Å².